The van der Waals surface area contributed by atoms with Crippen molar-refractivity contribution in [1.29, 1.82) is 0 Å². The summed E-state index contributed by atoms with van der Waals surface area (Å²) in [6, 6.07) is 2.23. The van der Waals surface area contributed by atoms with Crippen LogP contribution in [-0.2, 0) is 0 Å². The summed E-state index contributed by atoms with van der Waals surface area (Å²) in [6.07, 6.45) is 0.830. The second kappa shape index (κ2) is 4.68. The molecule has 0 aromatic heterocycles. The van der Waals surface area contributed by atoms with Gasteiger partial charge in [-0.25, -0.2) is 8.78 Å². The summed E-state index contributed by atoms with van der Waals surface area (Å²) in [5, 5.41) is 2.76. The Bertz CT molecular complexity index is 347. The Morgan fingerprint density at radius 3 is 2.12 bits per heavy atom. The zero-order valence-corrected chi connectivity index (χ0v) is 9.90. The van der Waals surface area contributed by atoms with Crippen LogP contribution in [0, 0.1) is 17.0 Å². The fraction of sp³-hybridized carbons (Fsp3) is 0.500. The molecule has 0 aliphatic carbocycles. The number of nitrogen functional groups attached to an aromatic ring is 1. The Balaban J connectivity index is 2.68. The fourth-order valence-electron chi connectivity index (χ4n) is 1.32. The fourth-order valence-corrected chi connectivity index (χ4v) is 1.32. The number of nitrogens with two attached hydrogens (primary N) is 1. The van der Waals surface area contributed by atoms with Gasteiger partial charge < -0.3 is 11.1 Å². The van der Waals surface area contributed by atoms with Crippen LogP contribution < -0.4 is 11.1 Å². The Kier molecular flexibility index (Phi) is 3.73. The lowest BCUT2D eigenvalue weighted by Crippen LogP contribution is -2.14. The van der Waals surface area contributed by atoms with Crippen LogP contribution in [0.4, 0.5) is 20.2 Å². The zero-order chi connectivity index (χ0) is 12.3. The molecule has 1 aromatic carbocycles. The lowest BCUT2D eigenvalue weighted by Gasteiger charge is -2.19. The Hall–Kier alpha value is -1.32. The van der Waals surface area contributed by atoms with Gasteiger partial charge in [-0.15, -0.1) is 0 Å². The van der Waals surface area contributed by atoms with E-state index in [4.69, 9.17) is 5.73 Å². The molecule has 16 heavy (non-hydrogen) atoms. The minimum Gasteiger partial charge on any atom is -0.399 e. The third-order valence-corrected chi connectivity index (χ3v) is 2.24. The summed E-state index contributed by atoms with van der Waals surface area (Å²) in [7, 11) is 0. The van der Waals surface area contributed by atoms with E-state index in [1.54, 1.807) is 0 Å². The van der Waals surface area contributed by atoms with Crippen LogP contribution in [0.5, 0.6) is 0 Å². The first-order valence-corrected chi connectivity index (χ1v) is 5.28. The highest BCUT2D eigenvalue weighted by Gasteiger charge is 2.12. The standard InChI is InChI=1S/C12H18F2N2/c1-12(2,3)4-5-16-11-9(13)6-8(15)7-10(11)14/h6-7,16H,4-5,15H2,1-3H3. The van der Waals surface area contributed by atoms with Gasteiger partial charge in [0, 0.05) is 12.2 Å². The van der Waals surface area contributed by atoms with Gasteiger partial charge in [-0.1, -0.05) is 20.8 Å². The molecule has 0 fully saturated rings. The number of rotatable bonds is 3. The predicted molar refractivity (Wildman–Crippen MR) is 63.3 cm³/mol. The molecule has 0 atom stereocenters. The van der Waals surface area contributed by atoms with Crippen LogP contribution in [0.2, 0.25) is 0 Å². The van der Waals surface area contributed by atoms with E-state index in [9.17, 15) is 8.78 Å². The van der Waals surface area contributed by atoms with Gasteiger partial charge >= 0.3 is 0 Å². The number of benzene rings is 1. The van der Waals surface area contributed by atoms with Crippen molar-refractivity contribution in [3.05, 3.63) is 23.8 Å². The quantitative estimate of drug-likeness (QED) is 0.778. The summed E-state index contributed by atoms with van der Waals surface area (Å²) in [5.41, 5.74) is 5.45. The highest BCUT2D eigenvalue weighted by molar-refractivity contribution is 5.53. The van der Waals surface area contributed by atoms with E-state index in [1.807, 2.05) is 0 Å². The van der Waals surface area contributed by atoms with Crippen LogP contribution in [0.15, 0.2) is 12.1 Å². The molecule has 3 N–H and O–H groups in total. The molecule has 0 amide bonds. The second-order valence-electron chi connectivity index (χ2n) is 5.10. The summed E-state index contributed by atoms with van der Waals surface area (Å²) >= 11 is 0. The van der Waals surface area contributed by atoms with Gasteiger partial charge in [0.1, 0.15) is 5.69 Å². The number of halogens is 2. The maximum atomic E-state index is 13.3. The molecule has 90 valence electrons. The molecule has 0 bridgehead atoms. The van der Waals surface area contributed by atoms with Crippen LogP contribution >= 0.6 is 0 Å². The molecule has 2 nitrogen and oxygen atoms in total. The third kappa shape index (κ3) is 3.68. The summed E-state index contributed by atoms with van der Waals surface area (Å²) in [6.45, 7) is 6.75. The van der Waals surface area contributed by atoms with Gasteiger partial charge in [0.05, 0.1) is 0 Å². The lowest BCUT2D eigenvalue weighted by molar-refractivity contribution is 0.389. The van der Waals surface area contributed by atoms with Gasteiger partial charge in [0.15, 0.2) is 11.6 Å². The number of hydrogen-bond donors (Lipinski definition) is 2. The summed E-state index contributed by atoms with van der Waals surface area (Å²) < 4.78 is 26.7. The second-order valence-corrected chi connectivity index (χ2v) is 5.10. The Morgan fingerprint density at radius 2 is 1.69 bits per heavy atom. The van der Waals surface area contributed by atoms with E-state index in [2.05, 4.69) is 26.1 Å². The molecule has 0 unspecified atom stereocenters. The van der Waals surface area contributed by atoms with Crippen molar-refractivity contribution in [2.24, 2.45) is 5.41 Å². The van der Waals surface area contributed by atoms with Crippen LogP contribution in [-0.4, -0.2) is 6.54 Å². The predicted octanol–water partition coefficient (Wildman–Crippen LogP) is 3.40. The molecule has 0 aliphatic rings. The third-order valence-electron chi connectivity index (χ3n) is 2.24. The minimum absolute atomic E-state index is 0.0939. The molecule has 4 heteroatoms. The molecule has 0 radical (unpaired) electrons. The van der Waals surface area contributed by atoms with Crippen molar-refractivity contribution in [2.75, 3.05) is 17.6 Å². The minimum atomic E-state index is -0.647. The van der Waals surface area contributed by atoms with Gasteiger partial charge in [0.2, 0.25) is 0 Å². The molecular weight excluding hydrogens is 210 g/mol. The van der Waals surface area contributed by atoms with E-state index in [0.717, 1.165) is 18.6 Å². The largest absolute Gasteiger partial charge is 0.399 e. The summed E-state index contributed by atoms with van der Waals surface area (Å²) in [5.74, 6) is -1.29. The van der Waals surface area contributed by atoms with Crippen LogP contribution in [0.25, 0.3) is 0 Å². The van der Waals surface area contributed by atoms with E-state index >= 15 is 0 Å². The maximum absolute atomic E-state index is 13.3. The van der Waals surface area contributed by atoms with Crippen molar-refractivity contribution in [3.8, 4) is 0 Å². The van der Waals surface area contributed by atoms with Crippen molar-refractivity contribution in [2.45, 2.75) is 27.2 Å². The SMILES string of the molecule is CC(C)(C)CCNc1c(F)cc(N)cc1F. The van der Waals surface area contributed by atoms with E-state index in [0.29, 0.717) is 6.54 Å². The number of nitrogens with one attached hydrogen (secondary N) is 1. The van der Waals surface area contributed by atoms with Crippen LogP contribution in [0.3, 0.4) is 0 Å². The smallest absolute Gasteiger partial charge is 0.151 e. The molecule has 1 rings (SSSR count). The summed E-state index contributed by atoms with van der Waals surface area (Å²) in [4.78, 5) is 0. The van der Waals surface area contributed by atoms with Gasteiger partial charge in [0.25, 0.3) is 0 Å². The highest BCUT2D eigenvalue weighted by atomic mass is 19.1. The Labute approximate surface area is 94.8 Å². The lowest BCUT2D eigenvalue weighted by atomic mass is 9.92. The number of anilines is 2. The number of hydrogen-bond acceptors (Lipinski definition) is 2. The van der Waals surface area contributed by atoms with E-state index in [-0.39, 0.29) is 16.8 Å². The van der Waals surface area contributed by atoms with Crippen molar-refractivity contribution < 1.29 is 8.78 Å². The highest BCUT2D eigenvalue weighted by Crippen LogP contribution is 2.23. The Morgan fingerprint density at radius 1 is 1.19 bits per heavy atom. The van der Waals surface area contributed by atoms with Crippen molar-refractivity contribution >= 4 is 11.4 Å². The average Bonchev–Trinajstić information content (AvgIpc) is 2.07. The van der Waals surface area contributed by atoms with Gasteiger partial charge in [-0.05, 0) is 24.0 Å². The van der Waals surface area contributed by atoms with Gasteiger partial charge in [-0.3, -0.25) is 0 Å². The maximum Gasteiger partial charge on any atom is 0.151 e. The monoisotopic (exact) mass is 228 g/mol. The molecule has 1 aromatic rings. The van der Waals surface area contributed by atoms with Crippen molar-refractivity contribution in [1.82, 2.24) is 0 Å². The van der Waals surface area contributed by atoms with E-state index < -0.39 is 11.6 Å². The topological polar surface area (TPSA) is 38.0 Å². The zero-order valence-electron chi connectivity index (χ0n) is 9.90. The normalized spacial score (nSPS) is 11.6. The van der Waals surface area contributed by atoms with Crippen LogP contribution in [0.1, 0.15) is 27.2 Å². The first-order chi connectivity index (χ1) is 7.29. The van der Waals surface area contributed by atoms with E-state index in [1.165, 1.54) is 0 Å². The molecule has 0 saturated carbocycles. The molecule has 0 aliphatic heterocycles. The first-order valence-electron chi connectivity index (χ1n) is 5.28. The van der Waals surface area contributed by atoms with Crippen molar-refractivity contribution in [3.63, 3.8) is 0 Å². The first kappa shape index (κ1) is 12.7. The van der Waals surface area contributed by atoms with Gasteiger partial charge in [-0.2, -0.15) is 0 Å². The molecular formula is C12H18F2N2. The molecule has 0 heterocycles. The molecule has 0 saturated heterocycles. The molecule has 0 spiro atoms. The average molecular weight is 228 g/mol.